The lowest BCUT2D eigenvalue weighted by Gasteiger charge is -2.20. The van der Waals surface area contributed by atoms with E-state index >= 15 is 0 Å². The van der Waals surface area contributed by atoms with E-state index in [2.05, 4.69) is 74.6 Å². The number of aliphatic hydroxyl groups excluding tert-OH is 2. The van der Waals surface area contributed by atoms with Gasteiger partial charge in [0.25, 0.3) is 0 Å². The number of allylic oxidation sites excluding steroid dienone is 10. The number of carbonyl (C=O) groups excluding carboxylic acids is 1. The fraction of sp³-hybridized carbons (Fsp3) is 0.784. The molecule has 0 aromatic heterocycles. The third-order valence-corrected chi connectivity index (χ3v) is 11.4. The summed E-state index contributed by atoms with van der Waals surface area (Å²) < 4.78 is 33.5. The molecule has 3 N–H and O–H groups in total. The maximum absolute atomic E-state index is 12.6. The number of carbonyl (C=O) groups is 1. The fourth-order valence-corrected chi connectivity index (χ4v) is 7.42. The van der Waals surface area contributed by atoms with Crippen LogP contribution in [0.2, 0.25) is 0 Å². The number of aliphatic hydroxyl groups is 2. The summed E-state index contributed by atoms with van der Waals surface area (Å²) in [4.78, 5) is 22.6. The summed E-state index contributed by atoms with van der Waals surface area (Å²) in [5, 5.41) is 18.4. The monoisotopic (exact) mass is 881 g/mol. The van der Waals surface area contributed by atoms with Crippen molar-refractivity contribution in [1.82, 2.24) is 0 Å². The molecule has 0 heterocycles. The molecule has 3 unspecified atom stereocenters. The molecular formula is C51H93O9P. The molecule has 0 radical (unpaired) electrons. The lowest BCUT2D eigenvalue weighted by atomic mass is 10.1. The molecule has 61 heavy (non-hydrogen) atoms. The molecular weight excluding hydrogens is 788 g/mol. The molecule has 10 heteroatoms. The predicted octanol–water partition coefficient (Wildman–Crippen LogP) is 14.3. The Labute approximate surface area is 374 Å². The zero-order valence-electron chi connectivity index (χ0n) is 39.1. The molecule has 0 rings (SSSR count). The maximum Gasteiger partial charge on any atom is 0.472 e. The first kappa shape index (κ1) is 59.2. The van der Waals surface area contributed by atoms with Gasteiger partial charge in [0.2, 0.25) is 0 Å². The lowest BCUT2D eigenvalue weighted by Crippen LogP contribution is -2.29. The van der Waals surface area contributed by atoms with E-state index in [0.717, 1.165) is 77.0 Å². The second kappa shape index (κ2) is 47.6. The normalized spacial score (nSPS) is 14.4. The summed E-state index contributed by atoms with van der Waals surface area (Å²) >= 11 is 0. The smallest absolute Gasteiger partial charge is 0.457 e. The Morgan fingerprint density at radius 1 is 0.508 bits per heavy atom. The van der Waals surface area contributed by atoms with Gasteiger partial charge < -0.3 is 24.6 Å². The van der Waals surface area contributed by atoms with Crippen LogP contribution >= 0.6 is 7.82 Å². The van der Waals surface area contributed by atoms with Gasteiger partial charge in [0.15, 0.2) is 0 Å². The maximum atomic E-state index is 12.6. The van der Waals surface area contributed by atoms with Crippen LogP contribution in [0, 0.1) is 0 Å². The van der Waals surface area contributed by atoms with E-state index < -0.39 is 39.2 Å². The molecule has 0 aromatic carbocycles. The number of phosphoric ester groups is 1. The van der Waals surface area contributed by atoms with Gasteiger partial charge in [-0.1, -0.05) is 184 Å². The highest BCUT2D eigenvalue weighted by Gasteiger charge is 2.26. The Kier molecular flexibility index (Phi) is 46.2. The predicted molar refractivity (Wildman–Crippen MR) is 256 cm³/mol. The molecule has 0 fully saturated rings. The Balaban J connectivity index is 4.12. The standard InChI is InChI=1S/C51H93O9P/c1-3-5-7-9-11-13-15-17-19-21-22-23-24-25-26-27-28-30-32-34-36-38-40-42-44-57-47-50(48-59-61(55,56)58-46-49(53)45-52)60-51(54)43-41-39-37-35-33-31-29-20-18-16-14-12-10-8-6-4-2/h14-17,20-22,24-25,29,49-50,52-53H,3-13,18-19,23,26-28,30-48H2,1-2H3,(H,55,56)/b16-14-,17-15-,22-21-,25-24-,29-20-. The molecule has 356 valence electrons. The summed E-state index contributed by atoms with van der Waals surface area (Å²) in [5.74, 6) is -0.398. The van der Waals surface area contributed by atoms with E-state index in [1.54, 1.807) is 0 Å². The van der Waals surface area contributed by atoms with Crippen LogP contribution in [0.4, 0.5) is 0 Å². The first-order valence-corrected chi connectivity index (χ1v) is 26.3. The van der Waals surface area contributed by atoms with E-state index in [1.165, 1.54) is 109 Å². The molecule has 0 aliphatic heterocycles. The van der Waals surface area contributed by atoms with Gasteiger partial charge in [-0.2, -0.15) is 0 Å². The Morgan fingerprint density at radius 3 is 1.34 bits per heavy atom. The minimum absolute atomic E-state index is 0.0378. The lowest BCUT2D eigenvalue weighted by molar-refractivity contribution is -0.154. The van der Waals surface area contributed by atoms with Crippen LogP contribution in [0.15, 0.2) is 60.8 Å². The first-order chi connectivity index (χ1) is 29.8. The Hall–Kier alpha value is -1.84. The van der Waals surface area contributed by atoms with Crippen molar-refractivity contribution in [3.63, 3.8) is 0 Å². The van der Waals surface area contributed by atoms with Crippen molar-refractivity contribution in [3.8, 4) is 0 Å². The van der Waals surface area contributed by atoms with Gasteiger partial charge in [-0.15, -0.1) is 0 Å². The second-order valence-electron chi connectivity index (χ2n) is 16.5. The van der Waals surface area contributed by atoms with Crippen molar-refractivity contribution in [3.05, 3.63) is 60.8 Å². The highest BCUT2D eigenvalue weighted by atomic mass is 31.2. The quantitative estimate of drug-likeness (QED) is 0.0237. The molecule has 0 saturated heterocycles. The van der Waals surface area contributed by atoms with Crippen LogP contribution in [0.25, 0.3) is 0 Å². The van der Waals surface area contributed by atoms with Crippen molar-refractivity contribution in [2.45, 2.75) is 225 Å². The summed E-state index contributed by atoms with van der Waals surface area (Å²) in [5.41, 5.74) is 0. The fourth-order valence-electron chi connectivity index (χ4n) is 6.63. The minimum atomic E-state index is -4.53. The Bertz CT molecular complexity index is 1140. The van der Waals surface area contributed by atoms with Crippen molar-refractivity contribution in [2.75, 3.05) is 33.0 Å². The second-order valence-corrected chi connectivity index (χ2v) is 17.9. The highest BCUT2D eigenvalue weighted by molar-refractivity contribution is 7.47. The van der Waals surface area contributed by atoms with Gasteiger partial charge in [-0.25, -0.2) is 4.57 Å². The molecule has 0 spiro atoms. The number of ether oxygens (including phenoxy) is 2. The number of esters is 1. The molecule has 0 bridgehead atoms. The third-order valence-electron chi connectivity index (χ3n) is 10.4. The third kappa shape index (κ3) is 47.5. The largest absolute Gasteiger partial charge is 0.472 e. The minimum Gasteiger partial charge on any atom is -0.457 e. The molecule has 0 amide bonds. The van der Waals surface area contributed by atoms with Crippen LogP contribution in [-0.4, -0.2) is 66.3 Å². The average molecular weight is 881 g/mol. The topological polar surface area (TPSA) is 132 Å². The van der Waals surface area contributed by atoms with Crippen LogP contribution in [0.5, 0.6) is 0 Å². The Morgan fingerprint density at radius 2 is 0.885 bits per heavy atom. The van der Waals surface area contributed by atoms with Gasteiger partial charge in [0, 0.05) is 13.0 Å². The van der Waals surface area contributed by atoms with Crippen molar-refractivity contribution in [2.24, 2.45) is 0 Å². The number of hydrogen-bond acceptors (Lipinski definition) is 8. The van der Waals surface area contributed by atoms with Crippen LogP contribution in [0.3, 0.4) is 0 Å². The van der Waals surface area contributed by atoms with Crippen molar-refractivity contribution in [1.29, 1.82) is 0 Å². The average Bonchev–Trinajstić information content (AvgIpc) is 3.25. The van der Waals surface area contributed by atoms with E-state index in [1.807, 2.05) is 0 Å². The van der Waals surface area contributed by atoms with Gasteiger partial charge >= 0.3 is 13.8 Å². The molecule has 3 atom stereocenters. The summed E-state index contributed by atoms with van der Waals surface area (Å²) in [6, 6.07) is 0. The van der Waals surface area contributed by atoms with E-state index in [9.17, 15) is 19.4 Å². The van der Waals surface area contributed by atoms with Crippen LogP contribution < -0.4 is 0 Å². The number of phosphoric acid groups is 1. The summed E-state index contributed by atoms with van der Waals surface area (Å²) in [6.07, 6.45) is 56.1. The molecule has 9 nitrogen and oxygen atoms in total. The zero-order valence-corrected chi connectivity index (χ0v) is 40.0. The van der Waals surface area contributed by atoms with Gasteiger partial charge in [0.1, 0.15) is 12.2 Å². The first-order valence-electron chi connectivity index (χ1n) is 24.8. The van der Waals surface area contributed by atoms with Gasteiger partial charge in [-0.3, -0.25) is 13.8 Å². The number of unbranched alkanes of at least 4 members (excludes halogenated alkanes) is 23. The highest BCUT2D eigenvalue weighted by Crippen LogP contribution is 2.43. The molecule has 0 aliphatic rings. The van der Waals surface area contributed by atoms with Crippen molar-refractivity contribution < 1.29 is 43.0 Å². The molecule has 0 aromatic rings. The van der Waals surface area contributed by atoms with Gasteiger partial charge in [0.05, 0.1) is 26.4 Å². The zero-order chi connectivity index (χ0) is 44.6. The number of rotatable bonds is 47. The van der Waals surface area contributed by atoms with Crippen LogP contribution in [0.1, 0.15) is 213 Å². The summed E-state index contributed by atoms with van der Waals surface area (Å²) in [7, 11) is -4.53. The number of hydrogen-bond donors (Lipinski definition) is 3. The SMILES string of the molecule is CCCCCC/C=C\C/C=C\CCCCCCCC(=O)OC(COCCCCCCCCCCC/C=C\C/C=C\C/C=C\CCCCCCC)COP(=O)(O)OCC(O)CO. The van der Waals surface area contributed by atoms with Crippen molar-refractivity contribution >= 4 is 13.8 Å². The van der Waals surface area contributed by atoms with E-state index in [-0.39, 0.29) is 19.6 Å². The molecule has 0 aliphatic carbocycles. The van der Waals surface area contributed by atoms with Crippen LogP contribution in [-0.2, 0) is 27.9 Å². The van der Waals surface area contributed by atoms with E-state index in [4.69, 9.17) is 23.6 Å². The molecule has 0 saturated carbocycles. The summed E-state index contributed by atoms with van der Waals surface area (Å²) in [6.45, 7) is 3.47. The van der Waals surface area contributed by atoms with Gasteiger partial charge in [-0.05, 0) is 83.5 Å². The van der Waals surface area contributed by atoms with E-state index in [0.29, 0.717) is 13.0 Å².